The Morgan fingerprint density at radius 3 is 1.98 bits per heavy atom. The lowest BCUT2D eigenvalue weighted by Gasteiger charge is -2.26. The molecule has 4 aromatic rings. The van der Waals surface area contributed by atoms with Gasteiger partial charge in [0.05, 0.1) is 6.42 Å². The number of amides is 1. The van der Waals surface area contributed by atoms with Crippen LogP contribution >= 0.6 is 11.6 Å². The van der Waals surface area contributed by atoms with Crippen LogP contribution in [0.4, 0.5) is 10.1 Å². The second-order valence-corrected chi connectivity index (χ2v) is 10.9. The monoisotopic (exact) mass is 601 g/mol. The molecule has 0 aromatic heterocycles. The molecule has 4 aromatic carbocycles. The summed E-state index contributed by atoms with van der Waals surface area (Å²) in [6, 6.07) is 30.1. The molecule has 43 heavy (non-hydrogen) atoms. The molecule has 0 fully saturated rings. The molecule has 8 heteroatoms. The molecule has 0 radical (unpaired) electrons. The van der Waals surface area contributed by atoms with Crippen LogP contribution in [-0.2, 0) is 19.7 Å². The van der Waals surface area contributed by atoms with Crippen molar-refractivity contribution in [3.63, 3.8) is 0 Å². The first-order valence-corrected chi connectivity index (χ1v) is 14.5. The van der Waals surface area contributed by atoms with E-state index in [4.69, 9.17) is 21.1 Å². The molecular formula is C35H33ClFNO5. The quantitative estimate of drug-likeness (QED) is 0.0951. The van der Waals surface area contributed by atoms with E-state index in [0.29, 0.717) is 17.2 Å². The highest BCUT2D eigenvalue weighted by atomic mass is 35.5. The number of alkyl halides is 1. The van der Waals surface area contributed by atoms with Crippen LogP contribution in [-0.4, -0.2) is 29.6 Å². The molecule has 0 aliphatic rings. The molecule has 0 aliphatic carbocycles. The van der Waals surface area contributed by atoms with Gasteiger partial charge in [0.2, 0.25) is 11.7 Å². The van der Waals surface area contributed by atoms with Crippen molar-refractivity contribution in [2.24, 2.45) is 0 Å². The highest BCUT2D eigenvalue weighted by molar-refractivity contribution is 6.18. The maximum Gasteiger partial charge on any atom is 0.307 e. The van der Waals surface area contributed by atoms with Gasteiger partial charge >= 0.3 is 5.97 Å². The molecule has 6 nitrogen and oxygen atoms in total. The van der Waals surface area contributed by atoms with Crippen LogP contribution in [0.1, 0.15) is 54.6 Å². The minimum atomic E-state index is -1.11. The molecule has 4 rings (SSSR count). The maximum absolute atomic E-state index is 13.2. The Morgan fingerprint density at radius 2 is 1.37 bits per heavy atom. The number of carbonyl (C=O) groups is 3. The normalized spacial score (nSPS) is 11.8. The van der Waals surface area contributed by atoms with Crippen molar-refractivity contribution in [2.75, 3.05) is 11.2 Å². The summed E-state index contributed by atoms with van der Waals surface area (Å²) in [5.41, 5.74) is 2.99. The number of hydrogen-bond donors (Lipinski definition) is 1. The summed E-state index contributed by atoms with van der Waals surface area (Å²) in [7, 11) is 0. The second-order valence-electron chi connectivity index (χ2n) is 10.5. The molecule has 0 saturated heterocycles. The number of rotatable bonds is 13. The summed E-state index contributed by atoms with van der Waals surface area (Å²) in [5.74, 6) is -0.676. The van der Waals surface area contributed by atoms with Gasteiger partial charge in [-0.3, -0.25) is 14.4 Å². The number of ketones is 1. The van der Waals surface area contributed by atoms with E-state index in [1.807, 2.05) is 30.3 Å². The summed E-state index contributed by atoms with van der Waals surface area (Å²) < 4.78 is 24.4. The lowest BCUT2D eigenvalue weighted by Crippen LogP contribution is -2.28. The molecule has 0 aliphatic heterocycles. The third kappa shape index (κ3) is 8.75. The molecule has 1 unspecified atom stereocenters. The third-order valence-electron chi connectivity index (χ3n) is 7.07. The number of esters is 1. The van der Waals surface area contributed by atoms with Crippen LogP contribution in [0.15, 0.2) is 103 Å². The summed E-state index contributed by atoms with van der Waals surface area (Å²) in [6.07, 6.45) is -1.38. The topological polar surface area (TPSA) is 81.7 Å². The van der Waals surface area contributed by atoms with Gasteiger partial charge in [0.15, 0.2) is 6.10 Å². The number of halogens is 2. The van der Waals surface area contributed by atoms with Gasteiger partial charge in [0, 0.05) is 35.4 Å². The van der Waals surface area contributed by atoms with Crippen LogP contribution in [0, 0.1) is 5.82 Å². The molecule has 1 atom stereocenters. The summed E-state index contributed by atoms with van der Waals surface area (Å²) in [6.45, 7) is 4.37. The Labute approximate surface area is 255 Å². The molecule has 0 heterocycles. The van der Waals surface area contributed by atoms with E-state index in [-0.39, 0.29) is 42.0 Å². The molecule has 1 amide bonds. The number of anilines is 1. The van der Waals surface area contributed by atoms with Gasteiger partial charge < -0.3 is 14.8 Å². The minimum absolute atomic E-state index is 0.0861. The van der Waals surface area contributed by atoms with E-state index in [2.05, 4.69) is 43.4 Å². The fourth-order valence-corrected chi connectivity index (χ4v) is 4.70. The first-order chi connectivity index (χ1) is 20.7. The molecule has 222 valence electrons. The second kappa shape index (κ2) is 14.6. The van der Waals surface area contributed by atoms with Crippen molar-refractivity contribution in [3.05, 3.63) is 126 Å². The molecule has 0 bridgehead atoms. The predicted octanol–water partition coefficient (Wildman–Crippen LogP) is 8.09. The van der Waals surface area contributed by atoms with Crippen LogP contribution in [0.2, 0.25) is 0 Å². The van der Waals surface area contributed by atoms with E-state index >= 15 is 0 Å². The summed E-state index contributed by atoms with van der Waals surface area (Å²) in [4.78, 5) is 37.5. The Morgan fingerprint density at radius 1 is 0.791 bits per heavy atom. The molecule has 1 N–H and O–H groups in total. The molecule has 0 saturated carbocycles. The standard InChI is InChI=1S/C35H33ClFNO5/c1-35(2,25-6-4-3-5-7-25)26-10-16-29(17-11-26)42-30-18-14-28(15-19-30)38-32(39)20-21-33(40)43-31(22-23-36)34(41)24-8-12-27(37)13-9-24/h3-19,31H,20-23H2,1-2H3,(H,38,39). The van der Waals surface area contributed by atoms with E-state index in [1.165, 1.54) is 23.3 Å². The number of carbonyl (C=O) groups excluding carboxylic acids is 3. The van der Waals surface area contributed by atoms with Crippen LogP contribution in [0.5, 0.6) is 11.5 Å². The highest BCUT2D eigenvalue weighted by Crippen LogP contribution is 2.33. The van der Waals surface area contributed by atoms with Gasteiger partial charge in [-0.05, 0) is 71.8 Å². The molecular weight excluding hydrogens is 569 g/mol. The van der Waals surface area contributed by atoms with Gasteiger partial charge in [0.1, 0.15) is 17.3 Å². The number of benzene rings is 4. The summed E-state index contributed by atoms with van der Waals surface area (Å²) >= 11 is 5.78. The first kappa shape index (κ1) is 31.4. The van der Waals surface area contributed by atoms with Crippen molar-refractivity contribution in [3.8, 4) is 11.5 Å². The minimum Gasteiger partial charge on any atom is -0.457 e. The zero-order chi connectivity index (χ0) is 30.8. The van der Waals surface area contributed by atoms with Gasteiger partial charge in [-0.15, -0.1) is 11.6 Å². The van der Waals surface area contributed by atoms with E-state index in [9.17, 15) is 18.8 Å². The lowest BCUT2D eigenvalue weighted by atomic mass is 9.78. The number of hydrogen-bond acceptors (Lipinski definition) is 5. The van der Waals surface area contributed by atoms with Crippen molar-refractivity contribution < 1.29 is 28.2 Å². The number of nitrogens with one attached hydrogen (secondary N) is 1. The van der Waals surface area contributed by atoms with Crippen molar-refractivity contribution >= 4 is 34.9 Å². The van der Waals surface area contributed by atoms with Crippen molar-refractivity contribution in [2.45, 2.75) is 44.6 Å². The van der Waals surface area contributed by atoms with Gasteiger partial charge in [0.25, 0.3) is 0 Å². The van der Waals surface area contributed by atoms with Crippen LogP contribution in [0.25, 0.3) is 0 Å². The van der Waals surface area contributed by atoms with E-state index < -0.39 is 23.7 Å². The van der Waals surface area contributed by atoms with Gasteiger partial charge in [-0.1, -0.05) is 56.3 Å². The Balaban J connectivity index is 1.25. The average Bonchev–Trinajstić information content (AvgIpc) is 3.01. The number of Topliss-reactive ketones (excluding diaryl/α,β-unsaturated/α-hetero) is 1. The zero-order valence-corrected chi connectivity index (χ0v) is 24.8. The summed E-state index contributed by atoms with van der Waals surface area (Å²) in [5, 5.41) is 2.73. The Bertz CT molecular complexity index is 1520. The number of ether oxygens (including phenoxy) is 2. The molecule has 0 spiro atoms. The van der Waals surface area contributed by atoms with Crippen LogP contribution in [0.3, 0.4) is 0 Å². The predicted molar refractivity (Wildman–Crippen MR) is 165 cm³/mol. The largest absolute Gasteiger partial charge is 0.457 e. The average molecular weight is 602 g/mol. The smallest absolute Gasteiger partial charge is 0.307 e. The Hall–Kier alpha value is -4.49. The van der Waals surface area contributed by atoms with Crippen molar-refractivity contribution in [1.82, 2.24) is 0 Å². The lowest BCUT2D eigenvalue weighted by molar-refractivity contribution is -0.148. The van der Waals surface area contributed by atoms with E-state index in [1.54, 1.807) is 24.3 Å². The fraction of sp³-hybridized carbons (Fsp3) is 0.229. The first-order valence-electron chi connectivity index (χ1n) is 13.9. The van der Waals surface area contributed by atoms with Crippen molar-refractivity contribution in [1.29, 1.82) is 0 Å². The fourth-order valence-electron chi connectivity index (χ4n) is 4.50. The maximum atomic E-state index is 13.2. The Kier molecular flexibility index (Phi) is 10.7. The third-order valence-corrected chi connectivity index (χ3v) is 7.29. The SMILES string of the molecule is CC(C)(c1ccccc1)c1ccc(Oc2ccc(NC(=O)CCC(=O)OC(CCCl)C(=O)c3ccc(F)cc3)cc2)cc1. The van der Waals surface area contributed by atoms with Gasteiger partial charge in [-0.25, -0.2) is 4.39 Å². The van der Waals surface area contributed by atoms with E-state index in [0.717, 1.165) is 12.1 Å². The highest BCUT2D eigenvalue weighted by Gasteiger charge is 2.25. The zero-order valence-electron chi connectivity index (χ0n) is 24.0. The van der Waals surface area contributed by atoms with Crippen LogP contribution < -0.4 is 10.1 Å². The van der Waals surface area contributed by atoms with Gasteiger partial charge in [-0.2, -0.15) is 0 Å².